The summed E-state index contributed by atoms with van der Waals surface area (Å²) in [4.78, 5) is 2.28. The lowest BCUT2D eigenvalue weighted by molar-refractivity contribution is 0.411. The van der Waals surface area contributed by atoms with Gasteiger partial charge in [0.05, 0.1) is 12.8 Å². The third-order valence-electron chi connectivity index (χ3n) is 3.45. The number of nitrogens with zero attached hydrogens (tertiary/aromatic N) is 1. The van der Waals surface area contributed by atoms with Crippen LogP contribution < -0.4 is 15.0 Å². The molecule has 100 valence electrons. The fourth-order valence-corrected chi connectivity index (χ4v) is 2.48. The van der Waals surface area contributed by atoms with Crippen molar-refractivity contribution in [2.24, 2.45) is 5.92 Å². The van der Waals surface area contributed by atoms with Crippen LogP contribution in [0.3, 0.4) is 0 Å². The van der Waals surface area contributed by atoms with Crippen molar-refractivity contribution in [2.45, 2.75) is 13.3 Å². The van der Waals surface area contributed by atoms with Gasteiger partial charge in [-0.05, 0) is 37.6 Å². The van der Waals surface area contributed by atoms with Gasteiger partial charge in [0.25, 0.3) is 0 Å². The number of rotatable bonds is 5. The normalized spacial score (nSPS) is 19.3. The third kappa shape index (κ3) is 2.93. The van der Waals surface area contributed by atoms with Gasteiger partial charge in [-0.2, -0.15) is 0 Å². The van der Waals surface area contributed by atoms with Crippen molar-refractivity contribution >= 4 is 5.69 Å². The Morgan fingerprint density at radius 3 is 3.06 bits per heavy atom. The summed E-state index contributed by atoms with van der Waals surface area (Å²) in [7, 11) is 1.59. The number of ether oxygens (including phenoxy) is 1. The van der Waals surface area contributed by atoms with E-state index in [0.29, 0.717) is 11.7 Å². The summed E-state index contributed by atoms with van der Waals surface area (Å²) in [5.41, 5.74) is 0.998. The molecule has 1 atom stereocenters. The molecule has 1 aromatic carbocycles. The molecule has 1 N–H and O–H groups in total. The summed E-state index contributed by atoms with van der Waals surface area (Å²) in [6.45, 7) is 6.20. The minimum Gasteiger partial charge on any atom is -0.494 e. The highest BCUT2D eigenvalue weighted by Crippen LogP contribution is 2.32. The van der Waals surface area contributed by atoms with Crippen LogP contribution in [0.15, 0.2) is 18.2 Å². The largest absolute Gasteiger partial charge is 0.494 e. The third-order valence-corrected chi connectivity index (χ3v) is 3.45. The molecule has 0 aliphatic carbocycles. The van der Waals surface area contributed by atoms with Gasteiger partial charge in [0, 0.05) is 19.2 Å². The van der Waals surface area contributed by atoms with Crippen LogP contribution in [0.5, 0.6) is 5.75 Å². The summed E-state index contributed by atoms with van der Waals surface area (Å²) in [6.07, 6.45) is 1.17. The SMILES string of the molecule is CCNCC1CCN(c2ccc(F)cc2OC)C1. The predicted molar refractivity (Wildman–Crippen MR) is 71.8 cm³/mol. The van der Waals surface area contributed by atoms with Crippen LogP contribution in [-0.4, -0.2) is 33.3 Å². The quantitative estimate of drug-likeness (QED) is 0.870. The summed E-state index contributed by atoms with van der Waals surface area (Å²) in [5, 5.41) is 3.38. The Bertz CT molecular complexity index is 397. The number of hydrogen-bond acceptors (Lipinski definition) is 3. The van der Waals surface area contributed by atoms with Crippen LogP contribution in [0.4, 0.5) is 10.1 Å². The number of methoxy groups -OCH3 is 1. The number of nitrogens with one attached hydrogen (secondary N) is 1. The van der Waals surface area contributed by atoms with E-state index in [0.717, 1.165) is 31.9 Å². The summed E-state index contributed by atoms with van der Waals surface area (Å²) < 4.78 is 18.4. The number of halogens is 1. The average molecular weight is 252 g/mol. The first kappa shape index (κ1) is 13.1. The van der Waals surface area contributed by atoms with Gasteiger partial charge in [-0.1, -0.05) is 6.92 Å². The summed E-state index contributed by atoms with van der Waals surface area (Å²) in [6, 6.07) is 4.76. The molecule has 1 aliphatic heterocycles. The van der Waals surface area contributed by atoms with Crippen molar-refractivity contribution in [3.8, 4) is 5.75 Å². The van der Waals surface area contributed by atoms with Gasteiger partial charge in [-0.15, -0.1) is 0 Å². The van der Waals surface area contributed by atoms with Gasteiger partial charge < -0.3 is 15.0 Å². The smallest absolute Gasteiger partial charge is 0.145 e. The zero-order valence-electron chi connectivity index (χ0n) is 11.1. The fourth-order valence-electron chi connectivity index (χ4n) is 2.48. The minimum absolute atomic E-state index is 0.251. The minimum atomic E-state index is -0.251. The van der Waals surface area contributed by atoms with Crippen molar-refractivity contribution in [3.05, 3.63) is 24.0 Å². The van der Waals surface area contributed by atoms with Crippen molar-refractivity contribution in [1.29, 1.82) is 0 Å². The predicted octanol–water partition coefficient (Wildman–Crippen LogP) is 2.27. The van der Waals surface area contributed by atoms with Gasteiger partial charge in [0.2, 0.25) is 0 Å². The molecule has 1 unspecified atom stereocenters. The highest BCUT2D eigenvalue weighted by molar-refractivity contribution is 5.59. The topological polar surface area (TPSA) is 24.5 Å². The molecule has 1 aromatic rings. The van der Waals surface area contributed by atoms with E-state index in [4.69, 9.17) is 4.74 Å². The van der Waals surface area contributed by atoms with Crippen molar-refractivity contribution in [1.82, 2.24) is 5.32 Å². The van der Waals surface area contributed by atoms with Crippen LogP contribution in [0.25, 0.3) is 0 Å². The highest BCUT2D eigenvalue weighted by Gasteiger charge is 2.24. The van der Waals surface area contributed by atoms with Crippen molar-refractivity contribution in [2.75, 3.05) is 38.2 Å². The van der Waals surface area contributed by atoms with Crippen molar-refractivity contribution in [3.63, 3.8) is 0 Å². The summed E-state index contributed by atoms with van der Waals surface area (Å²) >= 11 is 0. The fraction of sp³-hybridized carbons (Fsp3) is 0.571. The molecule has 1 heterocycles. The zero-order chi connectivity index (χ0) is 13.0. The van der Waals surface area contributed by atoms with Crippen LogP contribution in [0, 0.1) is 11.7 Å². The Hall–Kier alpha value is -1.29. The molecule has 2 rings (SSSR count). The van der Waals surface area contributed by atoms with E-state index in [9.17, 15) is 4.39 Å². The molecule has 1 aliphatic rings. The van der Waals surface area contributed by atoms with Crippen LogP contribution in [0.1, 0.15) is 13.3 Å². The van der Waals surface area contributed by atoms with Crippen LogP contribution in [0.2, 0.25) is 0 Å². The Labute approximate surface area is 108 Å². The highest BCUT2D eigenvalue weighted by atomic mass is 19.1. The first-order chi connectivity index (χ1) is 8.74. The molecule has 0 spiro atoms. The molecule has 0 aromatic heterocycles. The first-order valence-corrected chi connectivity index (χ1v) is 6.53. The monoisotopic (exact) mass is 252 g/mol. The van der Waals surface area contributed by atoms with E-state index in [-0.39, 0.29) is 5.82 Å². The maximum absolute atomic E-state index is 13.2. The second kappa shape index (κ2) is 6.05. The van der Waals surface area contributed by atoms with Gasteiger partial charge in [0.15, 0.2) is 0 Å². The molecule has 0 amide bonds. The Balaban J connectivity index is 2.04. The summed E-state index contributed by atoms with van der Waals surface area (Å²) in [5.74, 6) is 1.04. The van der Waals surface area contributed by atoms with Gasteiger partial charge in [0.1, 0.15) is 11.6 Å². The maximum atomic E-state index is 13.2. The standard InChI is InChI=1S/C14H21FN2O/c1-3-16-9-11-6-7-17(10-11)13-5-4-12(15)8-14(13)18-2/h4-5,8,11,16H,3,6-7,9-10H2,1-2H3. The second-order valence-corrected chi connectivity index (χ2v) is 4.72. The lowest BCUT2D eigenvalue weighted by atomic mass is 10.1. The second-order valence-electron chi connectivity index (χ2n) is 4.72. The molecule has 0 bridgehead atoms. The molecular formula is C14H21FN2O. The van der Waals surface area contributed by atoms with Gasteiger partial charge in [-0.3, -0.25) is 0 Å². The lowest BCUT2D eigenvalue weighted by Crippen LogP contribution is -2.26. The molecule has 0 saturated carbocycles. The van der Waals surface area contributed by atoms with E-state index >= 15 is 0 Å². The van der Waals surface area contributed by atoms with E-state index in [1.54, 1.807) is 7.11 Å². The van der Waals surface area contributed by atoms with Gasteiger partial charge in [-0.25, -0.2) is 4.39 Å². The molecule has 4 heteroatoms. The number of hydrogen-bond donors (Lipinski definition) is 1. The Morgan fingerprint density at radius 2 is 2.33 bits per heavy atom. The van der Waals surface area contributed by atoms with Gasteiger partial charge >= 0.3 is 0 Å². The Kier molecular flexibility index (Phi) is 4.42. The zero-order valence-corrected chi connectivity index (χ0v) is 11.1. The molecule has 3 nitrogen and oxygen atoms in total. The maximum Gasteiger partial charge on any atom is 0.145 e. The molecule has 1 fully saturated rings. The average Bonchev–Trinajstić information content (AvgIpc) is 2.84. The first-order valence-electron chi connectivity index (χ1n) is 6.53. The van der Waals surface area contributed by atoms with E-state index < -0.39 is 0 Å². The van der Waals surface area contributed by atoms with E-state index in [2.05, 4.69) is 17.1 Å². The van der Waals surface area contributed by atoms with Crippen LogP contribution >= 0.6 is 0 Å². The molecule has 0 radical (unpaired) electrons. The molecular weight excluding hydrogens is 231 g/mol. The van der Waals surface area contributed by atoms with E-state index in [1.807, 2.05) is 6.07 Å². The number of benzene rings is 1. The van der Waals surface area contributed by atoms with Crippen LogP contribution in [-0.2, 0) is 0 Å². The molecule has 18 heavy (non-hydrogen) atoms. The lowest BCUT2D eigenvalue weighted by Gasteiger charge is -2.21. The number of anilines is 1. The molecule has 1 saturated heterocycles. The van der Waals surface area contributed by atoms with E-state index in [1.165, 1.54) is 18.6 Å². The van der Waals surface area contributed by atoms with Crippen molar-refractivity contribution < 1.29 is 9.13 Å². The Morgan fingerprint density at radius 1 is 1.50 bits per heavy atom.